The van der Waals surface area contributed by atoms with Crippen LogP contribution in [0.5, 0.6) is 0 Å². The van der Waals surface area contributed by atoms with E-state index in [4.69, 9.17) is 24.3 Å². The average Bonchev–Trinajstić information content (AvgIpc) is 3.01. The van der Waals surface area contributed by atoms with E-state index in [9.17, 15) is 14.3 Å². The minimum absolute atomic E-state index is 0.0907. The van der Waals surface area contributed by atoms with Crippen molar-refractivity contribution in [1.82, 2.24) is 0 Å². The molecule has 9 heteroatoms. The number of nitrogens with two attached hydrogens (primary N) is 1. The van der Waals surface area contributed by atoms with Crippen LogP contribution in [0.3, 0.4) is 0 Å². The minimum Gasteiger partial charge on any atom is -0.457 e. The van der Waals surface area contributed by atoms with Crippen molar-refractivity contribution in [3.05, 3.63) is 0 Å². The highest BCUT2D eigenvalue weighted by atomic mass is 31.2. The highest BCUT2D eigenvalue weighted by molar-refractivity contribution is 7.47. The Morgan fingerprint density at radius 1 is 0.591 bits per heavy atom. The number of hydrogen-bond donors (Lipinski definition) is 2. The molecule has 0 aromatic heterocycles. The second-order valence-corrected chi connectivity index (χ2v) is 13.9. The van der Waals surface area contributed by atoms with Crippen LogP contribution in [-0.2, 0) is 27.9 Å². The van der Waals surface area contributed by atoms with Crippen molar-refractivity contribution in [2.24, 2.45) is 5.73 Å². The van der Waals surface area contributed by atoms with E-state index in [1.54, 1.807) is 0 Å². The minimum atomic E-state index is -4.26. The molecule has 0 heterocycles. The third-order valence-electron chi connectivity index (χ3n) is 8.02. The third-order valence-corrected chi connectivity index (χ3v) is 9.01. The van der Waals surface area contributed by atoms with Crippen molar-refractivity contribution in [3.63, 3.8) is 0 Å². The van der Waals surface area contributed by atoms with Crippen LogP contribution in [0.15, 0.2) is 0 Å². The Morgan fingerprint density at radius 3 is 1.43 bits per heavy atom. The maximum atomic E-state index is 12.4. The van der Waals surface area contributed by atoms with Gasteiger partial charge in [-0.25, -0.2) is 4.57 Å². The Morgan fingerprint density at radius 2 is 1.00 bits per heavy atom. The zero-order chi connectivity index (χ0) is 32.4. The Balaban J connectivity index is 4.00. The Labute approximate surface area is 271 Å². The fourth-order valence-electron chi connectivity index (χ4n) is 5.29. The summed E-state index contributed by atoms with van der Waals surface area (Å²) in [5, 5.41) is 0. The van der Waals surface area contributed by atoms with Gasteiger partial charge in [0.15, 0.2) is 0 Å². The van der Waals surface area contributed by atoms with Crippen LogP contribution >= 0.6 is 7.82 Å². The smallest absolute Gasteiger partial charge is 0.457 e. The molecule has 0 aliphatic carbocycles. The molecular weight excluding hydrogens is 577 g/mol. The molecule has 44 heavy (non-hydrogen) atoms. The summed E-state index contributed by atoms with van der Waals surface area (Å²) in [7, 11) is -4.26. The fourth-order valence-corrected chi connectivity index (χ4v) is 6.06. The van der Waals surface area contributed by atoms with Gasteiger partial charge in [-0.3, -0.25) is 13.8 Å². The molecule has 2 atom stereocenters. The largest absolute Gasteiger partial charge is 0.472 e. The van der Waals surface area contributed by atoms with Gasteiger partial charge in [0.2, 0.25) is 0 Å². The zero-order valence-corrected chi connectivity index (χ0v) is 29.8. The molecule has 0 aromatic rings. The average molecular weight is 650 g/mol. The molecule has 0 aliphatic rings. The molecule has 0 spiro atoms. The summed E-state index contributed by atoms with van der Waals surface area (Å²) >= 11 is 0. The first-order valence-electron chi connectivity index (χ1n) is 18.5. The summed E-state index contributed by atoms with van der Waals surface area (Å²) < 4.78 is 33.2. The topological polar surface area (TPSA) is 117 Å². The summed E-state index contributed by atoms with van der Waals surface area (Å²) in [5.41, 5.74) is 5.34. The van der Waals surface area contributed by atoms with Crippen LogP contribution in [0, 0.1) is 0 Å². The molecule has 0 radical (unpaired) electrons. The summed E-state index contributed by atoms with van der Waals surface area (Å²) in [6.07, 6.45) is 31.2. The summed E-state index contributed by atoms with van der Waals surface area (Å²) in [5.74, 6) is -0.330. The SMILES string of the molecule is CCCCCCCCCCCCCCCCCCOC[C@H](COP(=O)(O)OCCN)OC(=O)CCCCCCCCCCC. The van der Waals surface area contributed by atoms with Gasteiger partial charge in [-0.2, -0.15) is 0 Å². The van der Waals surface area contributed by atoms with Gasteiger partial charge in [-0.15, -0.1) is 0 Å². The number of phosphoric ester groups is 1. The van der Waals surface area contributed by atoms with Crippen LogP contribution in [0.4, 0.5) is 0 Å². The lowest BCUT2D eigenvalue weighted by molar-refractivity contribution is -0.154. The van der Waals surface area contributed by atoms with Gasteiger partial charge < -0.3 is 20.1 Å². The van der Waals surface area contributed by atoms with Gasteiger partial charge >= 0.3 is 13.8 Å². The van der Waals surface area contributed by atoms with Crippen molar-refractivity contribution in [2.45, 2.75) is 187 Å². The van der Waals surface area contributed by atoms with Crippen molar-refractivity contribution < 1.29 is 32.8 Å². The molecule has 3 N–H and O–H groups in total. The number of phosphoric acid groups is 1. The van der Waals surface area contributed by atoms with E-state index in [1.807, 2.05) is 0 Å². The number of ether oxygens (including phenoxy) is 2. The van der Waals surface area contributed by atoms with Gasteiger partial charge in [-0.05, 0) is 12.8 Å². The Hall–Kier alpha value is -0.500. The highest BCUT2D eigenvalue weighted by Gasteiger charge is 2.25. The first kappa shape index (κ1) is 43.5. The number of esters is 1. The van der Waals surface area contributed by atoms with Crippen LogP contribution < -0.4 is 5.73 Å². The van der Waals surface area contributed by atoms with Gasteiger partial charge in [0.25, 0.3) is 0 Å². The molecule has 0 aromatic carbocycles. The first-order chi connectivity index (χ1) is 21.4. The van der Waals surface area contributed by atoms with E-state index < -0.39 is 13.9 Å². The van der Waals surface area contributed by atoms with E-state index in [0.717, 1.165) is 32.1 Å². The Bertz CT molecular complexity index is 653. The van der Waals surface area contributed by atoms with Crippen LogP contribution in [0.1, 0.15) is 181 Å². The molecule has 0 saturated carbocycles. The van der Waals surface area contributed by atoms with Crippen LogP contribution in [0.25, 0.3) is 0 Å². The van der Waals surface area contributed by atoms with Gasteiger partial charge in [-0.1, -0.05) is 162 Å². The molecule has 0 bridgehead atoms. The first-order valence-corrected chi connectivity index (χ1v) is 20.0. The normalized spacial score (nSPS) is 13.6. The van der Waals surface area contributed by atoms with Gasteiger partial charge in [0.1, 0.15) is 6.10 Å². The van der Waals surface area contributed by atoms with Crippen LogP contribution in [0.2, 0.25) is 0 Å². The molecule has 0 rings (SSSR count). The molecule has 0 amide bonds. The second kappa shape index (κ2) is 33.9. The van der Waals surface area contributed by atoms with Crippen molar-refractivity contribution in [2.75, 3.05) is 33.0 Å². The predicted octanol–water partition coefficient (Wildman–Crippen LogP) is 10.2. The highest BCUT2D eigenvalue weighted by Crippen LogP contribution is 2.43. The quantitative estimate of drug-likeness (QED) is 0.0391. The lowest BCUT2D eigenvalue weighted by Crippen LogP contribution is -2.28. The van der Waals surface area contributed by atoms with Crippen LogP contribution in [-0.4, -0.2) is 49.9 Å². The predicted molar refractivity (Wildman–Crippen MR) is 183 cm³/mol. The van der Waals surface area contributed by atoms with Gasteiger partial charge in [0, 0.05) is 19.6 Å². The molecular formula is C35H72NO7P. The monoisotopic (exact) mass is 650 g/mol. The number of hydrogen-bond acceptors (Lipinski definition) is 7. The van der Waals surface area contributed by atoms with E-state index >= 15 is 0 Å². The molecule has 1 unspecified atom stereocenters. The van der Waals surface area contributed by atoms with Crippen molar-refractivity contribution in [1.29, 1.82) is 0 Å². The number of carbonyl (C=O) groups excluding carboxylic acids is 1. The maximum Gasteiger partial charge on any atom is 0.472 e. The molecule has 0 saturated heterocycles. The number of unbranched alkanes of at least 4 members (excludes halogenated alkanes) is 23. The lowest BCUT2D eigenvalue weighted by Gasteiger charge is -2.20. The standard InChI is InChI=1S/C35H72NO7P/c1-3-5-7-9-11-13-14-15-16-17-18-19-21-23-25-27-30-40-32-34(33-42-44(38,39)41-31-29-36)43-35(37)28-26-24-22-20-12-10-8-6-4-2/h34H,3-33,36H2,1-2H3,(H,38,39)/t34-/m1/s1. The van der Waals surface area contributed by atoms with E-state index in [1.165, 1.54) is 128 Å². The zero-order valence-electron chi connectivity index (χ0n) is 28.9. The summed E-state index contributed by atoms with van der Waals surface area (Å²) in [4.78, 5) is 22.3. The fraction of sp³-hybridized carbons (Fsp3) is 0.971. The Kier molecular flexibility index (Phi) is 33.5. The van der Waals surface area contributed by atoms with E-state index in [0.29, 0.717) is 13.0 Å². The van der Waals surface area contributed by atoms with E-state index in [2.05, 4.69) is 13.8 Å². The van der Waals surface area contributed by atoms with Crippen molar-refractivity contribution in [3.8, 4) is 0 Å². The second-order valence-electron chi connectivity index (χ2n) is 12.5. The van der Waals surface area contributed by atoms with Crippen molar-refractivity contribution >= 4 is 13.8 Å². The van der Waals surface area contributed by atoms with Gasteiger partial charge in [0.05, 0.1) is 19.8 Å². The molecule has 0 fully saturated rings. The molecule has 264 valence electrons. The van der Waals surface area contributed by atoms with E-state index in [-0.39, 0.29) is 32.3 Å². The summed E-state index contributed by atoms with van der Waals surface area (Å²) in [6, 6.07) is 0. The third kappa shape index (κ3) is 32.9. The molecule has 8 nitrogen and oxygen atoms in total. The summed E-state index contributed by atoms with van der Waals surface area (Å²) in [6.45, 7) is 4.93. The number of carbonyl (C=O) groups is 1. The lowest BCUT2D eigenvalue weighted by atomic mass is 10.0. The number of rotatable bonds is 36. The molecule has 0 aliphatic heterocycles. The maximum absolute atomic E-state index is 12.4.